The van der Waals surface area contributed by atoms with Crippen molar-refractivity contribution in [2.24, 2.45) is 0 Å². The fourth-order valence-corrected chi connectivity index (χ4v) is 4.58. The molecule has 20 heavy (non-hydrogen) atoms. The number of hydrogen-bond donors (Lipinski definition) is 1. The minimum absolute atomic E-state index is 0.0258. The first-order chi connectivity index (χ1) is 9.50. The highest BCUT2D eigenvalue weighted by molar-refractivity contribution is 7.89. The van der Waals surface area contributed by atoms with E-state index in [1.54, 1.807) is 4.31 Å². The highest BCUT2D eigenvalue weighted by Crippen LogP contribution is 2.29. The largest absolute Gasteiger partial charge is 0.399 e. The zero-order valence-electron chi connectivity index (χ0n) is 11.5. The highest BCUT2D eigenvalue weighted by atomic mass is 32.2. The molecule has 0 aliphatic carbocycles. The molecule has 1 fully saturated rings. The van der Waals surface area contributed by atoms with Gasteiger partial charge in [0.25, 0.3) is 0 Å². The topological polar surface area (TPSA) is 87.2 Å². The summed E-state index contributed by atoms with van der Waals surface area (Å²) in [5.41, 5.74) is 6.13. The molecule has 0 spiro atoms. The van der Waals surface area contributed by atoms with Crippen molar-refractivity contribution in [1.29, 1.82) is 5.26 Å². The number of nitrogen functional groups attached to an aromatic ring is 1. The fourth-order valence-electron chi connectivity index (χ4n) is 2.68. The number of nitrogens with zero attached hydrogens (tertiary/aromatic N) is 2. The lowest BCUT2D eigenvalue weighted by Crippen LogP contribution is -2.43. The SMILES string of the molecule is CCC1CCCCN1S(=O)(=O)c1ccc(N)cc1C#N. The number of sulfonamides is 1. The summed E-state index contributed by atoms with van der Waals surface area (Å²) < 4.78 is 27.1. The van der Waals surface area contributed by atoms with Gasteiger partial charge in [-0.3, -0.25) is 0 Å². The van der Waals surface area contributed by atoms with Gasteiger partial charge in [-0.2, -0.15) is 9.57 Å². The van der Waals surface area contributed by atoms with E-state index in [1.807, 2.05) is 13.0 Å². The van der Waals surface area contributed by atoms with Gasteiger partial charge in [0.05, 0.1) is 5.56 Å². The van der Waals surface area contributed by atoms with E-state index in [0.29, 0.717) is 12.2 Å². The molecule has 0 bridgehead atoms. The van der Waals surface area contributed by atoms with Crippen molar-refractivity contribution in [2.75, 3.05) is 12.3 Å². The number of piperidine rings is 1. The van der Waals surface area contributed by atoms with Crippen molar-refractivity contribution >= 4 is 15.7 Å². The van der Waals surface area contributed by atoms with Crippen LogP contribution in [0.4, 0.5) is 5.69 Å². The lowest BCUT2D eigenvalue weighted by molar-refractivity contribution is 0.246. The van der Waals surface area contributed by atoms with Crippen molar-refractivity contribution in [3.63, 3.8) is 0 Å². The third-order valence-corrected chi connectivity index (χ3v) is 5.77. The van der Waals surface area contributed by atoms with Crippen molar-refractivity contribution < 1.29 is 8.42 Å². The van der Waals surface area contributed by atoms with Crippen molar-refractivity contribution in [3.8, 4) is 6.07 Å². The Hall–Kier alpha value is -1.58. The van der Waals surface area contributed by atoms with Crippen LogP contribution in [0.25, 0.3) is 0 Å². The van der Waals surface area contributed by atoms with Crippen LogP contribution in [0.1, 0.15) is 38.2 Å². The molecule has 108 valence electrons. The molecule has 1 heterocycles. The zero-order valence-corrected chi connectivity index (χ0v) is 12.4. The first-order valence-electron chi connectivity index (χ1n) is 6.82. The highest BCUT2D eigenvalue weighted by Gasteiger charge is 2.33. The number of rotatable bonds is 3. The van der Waals surface area contributed by atoms with E-state index in [2.05, 4.69) is 0 Å². The van der Waals surface area contributed by atoms with Gasteiger partial charge in [-0.15, -0.1) is 0 Å². The molecule has 1 saturated heterocycles. The van der Waals surface area contributed by atoms with E-state index in [-0.39, 0.29) is 16.5 Å². The Bertz CT molecular complexity index is 634. The summed E-state index contributed by atoms with van der Waals surface area (Å²) in [6.45, 7) is 2.52. The van der Waals surface area contributed by atoms with Gasteiger partial charge in [-0.25, -0.2) is 8.42 Å². The second-order valence-electron chi connectivity index (χ2n) is 5.04. The van der Waals surface area contributed by atoms with Crippen LogP contribution in [0.3, 0.4) is 0 Å². The number of nitrogens with two attached hydrogens (primary N) is 1. The second kappa shape index (κ2) is 5.81. The summed E-state index contributed by atoms with van der Waals surface area (Å²) in [5.74, 6) is 0. The molecule has 1 aromatic carbocycles. The van der Waals surface area contributed by atoms with Gasteiger partial charge in [0.2, 0.25) is 10.0 Å². The van der Waals surface area contributed by atoms with Crippen LogP contribution in [0, 0.1) is 11.3 Å². The van der Waals surface area contributed by atoms with Crippen molar-refractivity contribution in [3.05, 3.63) is 23.8 Å². The van der Waals surface area contributed by atoms with E-state index >= 15 is 0 Å². The summed E-state index contributed by atoms with van der Waals surface area (Å²) in [6, 6.07) is 6.33. The number of nitriles is 1. The van der Waals surface area contributed by atoms with Crippen LogP contribution in [0.5, 0.6) is 0 Å². The van der Waals surface area contributed by atoms with Gasteiger partial charge in [0.1, 0.15) is 11.0 Å². The Balaban J connectivity index is 2.47. The van der Waals surface area contributed by atoms with Gasteiger partial charge < -0.3 is 5.73 Å². The molecule has 1 unspecified atom stereocenters. The quantitative estimate of drug-likeness (QED) is 0.864. The Morgan fingerprint density at radius 1 is 1.45 bits per heavy atom. The lowest BCUT2D eigenvalue weighted by atomic mass is 10.0. The molecule has 0 saturated carbocycles. The van der Waals surface area contributed by atoms with Crippen LogP contribution < -0.4 is 5.73 Å². The molecular formula is C14H19N3O2S. The Kier molecular flexibility index (Phi) is 4.31. The Morgan fingerprint density at radius 3 is 2.85 bits per heavy atom. The van der Waals surface area contributed by atoms with Gasteiger partial charge in [0, 0.05) is 18.3 Å². The summed E-state index contributed by atoms with van der Waals surface area (Å²) in [4.78, 5) is 0.0644. The molecule has 2 N–H and O–H groups in total. The van der Waals surface area contributed by atoms with Crippen LogP contribution in [0.15, 0.2) is 23.1 Å². The van der Waals surface area contributed by atoms with E-state index in [1.165, 1.54) is 18.2 Å². The first kappa shape index (κ1) is 14.8. The predicted octanol–water partition coefficient (Wildman–Crippen LogP) is 2.09. The molecule has 1 aromatic rings. The molecular weight excluding hydrogens is 274 g/mol. The van der Waals surface area contributed by atoms with Gasteiger partial charge in [-0.05, 0) is 37.5 Å². The van der Waals surface area contributed by atoms with Crippen molar-refractivity contribution in [1.82, 2.24) is 4.31 Å². The van der Waals surface area contributed by atoms with E-state index in [0.717, 1.165) is 25.7 Å². The van der Waals surface area contributed by atoms with E-state index in [4.69, 9.17) is 11.0 Å². The maximum absolute atomic E-state index is 12.8. The van der Waals surface area contributed by atoms with Gasteiger partial charge >= 0.3 is 0 Å². The first-order valence-corrected chi connectivity index (χ1v) is 8.26. The number of benzene rings is 1. The summed E-state index contributed by atoms with van der Waals surface area (Å²) >= 11 is 0. The Labute approximate surface area is 120 Å². The normalized spacial score (nSPS) is 20.5. The minimum atomic E-state index is -3.63. The molecule has 1 aliphatic rings. The van der Waals surface area contributed by atoms with E-state index in [9.17, 15) is 8.42 Å². The average molecular weight is 293 g/mol. The van der Waals surface area contributed by atoms with Gasteiger partial charge in [0.15, 0.2) is 0 Å². The molecule has 1 aliphatic heterocycles. The van der Waals surface area contributed by atoms with Gasteiger partial charge in [-0.1, -0.05) is 13.3 Å². The van der Waals surface area contributed by atoms with Crippen LogP contribution in [-0.2, 0) is 10.0 Å². The third kappa shape index (κ3) is 2.65. The number of hydrogen-bond acceptors (Lipinski definition) is 4. The summed E-state index contributed by atoms with van der Waals surface area (Å²) in [5, 5.41) is 9.14. The molecule has 2 rings (SSSR count). The molecule has 5 nitrogen and oxygen atoms in total. The molecule has 0 amide bonds. The fraction of sp³-hybridized carbons (Fsp3) is 0.500. The number of anilines is 1. The summed E-state index contributed by atoms with van der Waals surface area (Å²) in [6.07, 6.45) is 3.59. The van der Waals surface area contributed by atoms with Crippen LogP contribution >= 0.6 is 0 Å². The van der Waals surface area contributed by atoms with Crippen molar-refractivity contribution in [2.45, 2.75) is 43.5 Å². The molecule has 0 radical (unpaired) electrons. The third-order valence-electron chi connectivity index (χ3n) is 3.76. The monoisotopic (exact) mass is 293 g/mol. The van der Waals surface area contributed by atoms with Crippen LogP contribution in [-0.4, -0.2) is 25.3 Å². The molecule has 6 heteroatoms. The Morgan fingerprint density at radius 2 is 2.20 bits per heavy atom. The lowest BCUT2D eigenvalue weighted by Gasteiger charge is -2.34. The zero-order chi connectivity index (χ0) is 14.8. The minimum Gasteiger partial charge on any atom is -0.399 e. The maximum Gasteiger partial charge on any atom is 0.244 e. The van der Waals surface area contributed by atoms with Crippen LogP contribution in [0.2, 0.25) is 0 Å². The average Bonchev–Trinajstić information content (AvgIpc) is 2.46. The molecule has 0 aromatic heterocycles. The standard InChI is InChI=1S/C14H19N3O2S/c1-2-13-5-3-4-8-17(13)20(18,19)14-7-6-12(16)9-11(14)10-15/h6-7,9,13H,2-5,8,16H2,1H3. The second-order valence-corrected chi connectivity index (χ2v) is 6.90. The van der Waals surface area contributed by atoms with E-state index < -0.39 is 10.0 Å². The molecule has 1 atom stereocenters. The smallest absolute Gasteiger partial charge is 0.244 e. The summed E-state index contributed by atoms with van der Waals surface area (Å²) in [7, 11) is -3.63. The maximum atomic E-state index is 12.8. The predicted molar refractivity (Wildman–Crippen MR) is 77.4 cm³/mol.